The minimum Gasteiger partial charge on any atom is -0.480 e. The molecule has 1 aromatic rings. The Morgan fingerprint density at radius 3 is 2.78 bits per heavy atom. The summed E-state index contributed by atoms with van der Waals surface area (Å²) in [4.78, 5) is 24.4. The Kier molecular flexibility index (Phi) is 3.36. The van der Waals surface area contributed by atoms with Crippen molar-refractivity contribution < 1.29 is 14.7 Å². The van der Waals surface area contributed by atoms with Crippen LogP contribution < -0.4 is 4.90 Å². The third-order valence-electron chi connectivity index (χ3n) is 3.34. The number of anilines is 1. The van der Waals surface area contributed by atoms with Gasteiger partial charge in [0.25, 0.3) is 0 Å². The van der Waals surface area contributed by atoms with Crippen LogP contribution in [0.15, 0.2) is 18.2 Å². The Hall–Kier alpha value is -1.84. The third kappa shape index (κ3) is 1.98. The van der Waals surface area contributed by atoms with Crippen LogP contribution in [0.4, 0.5) is 5.69 Å². The first-order valence-corrected chi connectivity index (χ1v) is 6.21. The first kappa shape index (κ1) is 12.6. The van der Waals surface area contributed by atoms with Gasteiger partial charge >= 0.3 is 5.97 Å². The molecule has 18 heavy (non-hydrogen) atoms. The van der Waals surface area contributed by atoms with Gasteiger partial charge in [0.2, 0.25) is 5.91 Å². The van der Waals surface area contributed by atoms with Gasteiger partial charge in [0.15, 0.2) is 0 Å². The monoisotopic (exact) mass is 247 g/mol. The summed E-state index contributed by atoms with van der Waals surface area (Å²) in [5, 5.41) is 8.93. The number of aliphatic carboxylic acids is 1. The van der Waals surface area contributed by atoms with Gasteiger partial charge in [-0.25, -0.2) is 0 Å². The lowest BCUT2D eigenvalue weighted by atomic mass is 9.98. The number of carboxylic acids is 1. The van der Waals surface area contributed by atoms with Crippen molar-refractivity contribution in [1.29, 1.82) is 0 Å². The lowest BCUT2D eigenvalue weighted by Gasteiger charge is -2.18. The molecule has 0 bridgehead atoms. The molecule has 4 nitrogen and oxygen atoms in total. The standard InChI is InChI=1S/C14H17NO3/c1-3-5-10-6-4-7-11-9(2)14(18)15(13(10)11)8-12(16)17/h4,6-7,9H,3,5,8H2,1-2H3,(H,16,17). The fourth-order valence-corrected chi connectivity index (χ4v) is 2.53. The molecule has 96 valence electrons. The highest BCUT2D eigenvalue weighted by Gasteiger charge is 2.36. The second-order valence-corrected chi connectivity index (χ2v) is 4.64. The zero-order valence-electron chi connectivity index (χ0n) is 10.6. The number of carbonyl (C=O) groups is 2. The van der Waals surface area contributed by atoms with Crippen LogP contribution in [-0.2, 0) is 16.0 Å². The Labute approximate surface area is 106 Å². The molecule has 1 heterocycles. The summed E-state index contributed by atoms with van der Waals surface area (Å²) in [7, 11) is 0. The fraction of sp³-hybridized carbons (Fsp3) is 0.429. The van der Waals surface area contributed by atoms with E-state index >= 15 is 0 Å². The van der Waals surface area contributed by atoms with Crippen molar-refractivity contribution in [2.24, 2.45) is 0 Å². The van der Waals surface area contributed by atoms with Crippen molar-refractivity contribution in [2.75, 3.05) is 11.4 Å². The normalized spacial score (nSPS) is 18.0. The maximum Gasteiger partial charge on any atom is 0.323 e. The first-order valence-electron chi connectivity index (χ1n) is 6.21. The largest absolute Gasteiger partial charge is 0.480 e. The number of hydrogen-bond donors (Lipinski definition) is 1. The number of hydrogen-bond acceptors (Lipinski definition) is 2. The van der Waals surface area contributed by atoms with Crippen LogP contribution >= 0.6 is 0 Å². The molecule has 1 N–H and O–H groups in total. The van der Waals surface area contributed by atoms with E-state index in [0.717, 1.165) is 29.7 Å². The van der Waals surface area contributed by atoms with E-state index in [0.29, 0.717) is 0 Å². The molecule has 0 fully saturated rings. The molecule has 1 aliphatic rings. The molecule has 1 aliphatic heterocycles. The van der Waals surface area contributed by atoms with Crippen LogP contribution in [-0.4, -0.2) is 23.5 Å². The van der Waals surface area contributed by atoms with Crippen molar-refractivity contribution in [1.82, 2.24) is 0 Å². The Bertz CT molecular complexity index is 496. The predicted octanol–water partition coefficient (Wildman–Crippen LogP) is 2.17. The van der Waals surface area contributed by atoms with Crippen LogP contribution in [0, 0.1) is 0 Å². The molecular weight excluding hydrogens is 230 g/mol. The van der Waals surface area contributed by atoms with E-state index in [2.05, 4.69) is 6.92 Å². The number of benzene rings is 1. The van der Waals surface area contributed by atoms with Crippen LogP contribution in [0.1, 0.15) is 37.3 Å². The molecule has 0 aliphatic carbocycles. The summed E-state index contributed by atoms with van der Waals surface area (Å²) in [6.45, 7) is 3.65. The van der Waals surface area contributed by atoms with Crippen molar-refractivity contribution in [2.45, 2.75) is 32.6 Å². The van der Waals surface area contributed by atoms with Crippen molar-refractivity contribution in [3.63, 3.8) is 0 Å². The summed E-state index contributed by atoms with van der Waals surface area (Å²) in [6.07, 6.45) is 1.83. The highest BCUT2D eigenvalue weighted by molar-refractivity contribution is 6.07. The smallest absolute Gasteiger partial charge is 0.323 e. The Morgan fingerprint density at radius 2 is 2.17 bits per heavy atom. The molecular formula is C14H17NO3. The van der Waals surface area contributed by atoms with Gasteiger partial charge in [-0.15, -0.1) is 0 Å². The van der Waals surface area contributed by atoms with E-state index in [1.54, 1.807) is 0 Å². The zero-order chi connectivity index (χ0) is 13.3. The molecule has 1 amide bonds. The van der Waals surface area contributed by atoms with E-state index in [1.165, 1.54) is 4.90 Å². The maximum absolute atomic E-state index is 12.1. The molecule has 1 unspecified atom stereocenters. The van der Waals surface area contributed by atoms with E-state index in [-0.39, 0.29) is 18.4 Å². The van der Waals surface area contributed by atoms with Crippen molar-refractivity contribution in [3.05, 3.63) is 29.3 Å². The molecule has 4 heteroatoms. The molecule has 1 aromatic carbocycles. The van der Waals surface area contributed by atoms with Gasteiger partial charge in [0, 0.05) is 0 Å². The molecule has 0 spiro atoms. The van der Waals surface area contributed by atoms with E-state index in [9.17, 15) is 9.59 Å². The molecule has 0 aromatic heterocycles. The van der Waals surface area contributed by atoms with Crippen LogP contribution in [0.25, 0.3) is 0 Å². The number of para-hydroxylation sites is 1. The molecule has 2 rings (SSSR count). The number of rotatable bonds is 4. The third-order valence-corrected chi connectivity index (χ3v) is 3.34. The van der Waals surface area contributed by atoms with Crippen molar-refractivity contribution in [3.8, 4) is 0 Å². The zero-order valence-corrected chi connectivity index (χ0v) is 10.6. The fourth-order valence-electron chi connectivity index (χ4n) is 2.53. The topological polar surface area (TPSA) is 57.6 Å². The highest BCUT2D eigenvalue weighted by Crippen LogP contribution is 2.39. The average Bonchev–Trinajstić information content (AvgIpc) is 2.56. The number of fused-ring (bicyclic) bond motifs is 1. The number of carbonyl (C=O) groups excluding carboxylic acids is 1. The molecule has 0 radical (unpaired) electrons. The van der Waals surface area contributed by atoms with Gasteiger partial charge in [-0.05, 0) is 24.5 Å². The summed E-state index contributed by atoms with van der Waals surface area (Å²) < 4.78 is 0. The predicted molar refractivity (Wildman–Crippen MR) is 68.8 cm³/mol. The van der Waals surface area contributed by atoms with Crippen LogP contribution in [0.3, 0.4) is 0 Å². The quantitative estimate of drug-likeness (QED) is 0.887. The minimum atomic E-state index is -0.977. The van der Waals surface area contributed by atoms with Crippen LogP contribution in [0.2, 0.25) is 0 Å². The van der Waals surface area contributed by atoms with Gasteiger partial charge in [0.1, 0.15) is 6.54 Å². The second-order valence-electron chi connectivity index (χ2n) is 4.64. The molecule has 0 saturated carbocycles. The summed E-state index contributed by atoms with van der Waals surface area (Å²) >= 11 is 0. The van der Waals surface area contributed by atoms with Gasteiger partial charge in [-0.3, -0.25) is 9.59 Å². The van der Waals surface area contributed by atoms with Crippen molar-refractivity contribution >= 4 is 17.6 Å². The SMILES string of the molecule is CCCc1cccc2c1N(CC(=O)O)C(=O)C2C. The Morgan fingerprint density at radius 1 is 1.44 bits per heavy atom. The average molecular weight is 247 g/mol. The van der Waals surface area contributed by atoms with E-state index in [1.807, 2.05) is 25.1 Å². The van der Waals surface area contributed by atoms with Gasteiger partial charge in [-0.1, -0.05) is 31.5 Å². The van der Waals surface area contributed by atoms with Gasteiger partial charge < -0.3 is 10.0 Å². The number of aryl methyl sites for hydroxylation is 1. The lowest BCUT2D eigenvalue weighted by Crippen LogP contribution is -2.33. The minimum absolute atomic E-state index is 0.115. The number of nitrogens with zero attached hydrogens (tertiary/aromatic N) is 1. The molecule has 0 saturated heterocycles. The van der Waals surface area contributed by atoms with E-state index < -0.39 is 5.97 Å². The number of carboxylic acid groups (broad SMARTS) is 1. The summed E-state index contributed by atoms with van der Waals surface area (Å²) in [5.41, 5.74) is 2.83. The van der Waals surface area contributed by atoms with Gasteiger partial charge in [-0.2, -0.15) is 0 Å². The van der Waals surface area contributed by atoms with Crippen LogP contribution in [0.5, 0.6) is 0 Å². The summed E-state index contributed by atoms with van der Waals surface area (Å²) in [6, 6.07) is 5.83. The lowest BCUT2D eigenvalue weighted by molar-refractivity contribution is -0.136. The molecule has 1 atom stereocenters. The highest BCUT2D eigenvalue weighted by atomic mass is 16.4. The Balaban J connectivity index is 2.49. The second kappa shape index (κ2) is 4.80. The first-order chi connectivity index (χ1) is 8.56. The number of amides is 1. The van der Waals surface area contributed by atoms with Gasteiger partial charge in [0.05, 0.1) is 11.6 Å². The summed E-state index contributed by atoms with van der Waals surface area (Å²) in [5.74, 6) is -1.33. The maximum atomic E-state index is 12.1. The van der Waals surface area contributed by atoms with E-state index in [4.69, 9.17) is 5.11 Å².